The van der Waals surface area contributed by atoms with Gasteiger partial charge in [-0.25, -0.2) is 0 Å². The fourth-order valence-corrected chi connectivity index (χ4v) is 2.93. The third kappa shape index (κ3) is 4.53. The van der Waals surface area contributed by atoms with Crippen molar-refractivity contribution in [3.8, 4) is 11.5 Å². The van der Waals surface area contributed by atoms with Crippen molar-refractivity contribution in [3.63, 3.8) is 0 Å². The highest BCUT2D eigenvalue weighted by Gasteiger charge is 2.14. The second-order valence-corrected chi connectivity index (χ2v) is 6.40. The minimum atomic E-state index is 0.148. The zero-order chi connectivity index (χ0) is 17.6. The lowest BCUT2D eigenvalue weighted by molar-refractivity contribution is -0.130. The Labute approximate surface area is 149 Å². The van der Waals surface area contributed by atoms with E-state index in [4.69, 9.17) is 9.47 Å². The number of hydrogen-bond donors (Lipinski definition) is 0. The van der Waals surface area contributed by atoms with Gasteiger partial charge in [0.15, 0.2) is 11.5 Å². The van der Waals surface area contributed by atoms with Gasteiger partial charge in [-0.15, -0.1) is 0 Å². The van der Waals surface area contributed by atoms with Crippen molar-refractivity contribution in [2.24, 2.45) is 0 Å². The van der Waals surface area contributed by atoms with Crippen molar-refractivity contribution < 1.29 is 14.3 Å². The highest BCUT2D eigenvalue weighted by molar-refractivity contribution is 5.76. The van der Waals surface area contributed by atoms with Crippen LogP contribution in [0.25, 0.3) is 0 Å². The summed E-state index contributed by atoms with van der Waals surface area (Å²) in [6.45, 7) is 3.88. The monoisotopic (exact) mass is 339 g/mol. The highest BCUT2D eigenvalue weighted by Crippen LogP contribution is 2.31. The molecule has 1 amide bonds. The maximum atomic E-state index is 12.4. The van der Waals surface area contributed by atoms with E-state index in [-0.39, 0.29) is 5.91 Å². The van der Waals surface area contributed by atoms with E-state index in [2.05, 4.69) is 31.2 Å². The Kier molecular flexibility index (Phi) is 5.59. The maximum Gasteiger partial charge on any atom is 0.222 e. The topological polar surface area (TPSA) is 38.8 Å². The number of fused-ring (bicyclic) bond motifs is 1. The quantitative estimate of drug-likeness (QED) is 0.807. The Hall–Kier alpha value is -2.49. The number of benzene rings is 2. The van der Waals surface area contributed by atoms with Crippen molar-refractivity contribution in [1.82, 2.24) is 4.90 Å². The normalized spacial score (nSPS) is 12.7. The Morgan fingerprint density at radius 3 is 2.32 bits per heavy atom. The number of carbonyl (C=O) groups excluding carboxylic acids is 1. The van der Waals surface area contributed by atoms with Crippen LogP contribution in [0.3, 0.4) is 0 Å². The first-order valence-corrected chi connectivity index (χ1v) is 8.86. The van der Waals surface area contributed by atoms with Crippen LogP contribution in [0, 0.1) is 0 Å². The van der Waals surface area contributed by atoms with Gasteiger partial charge in [0.25, 0.3) is 0 Å². The zero-order valence-electron chi connectivity index (χ0n) is 15.0. The Morgan fingerprint density at radius 1 is 0.960 bits per heavy atom. The van der Waals surface area contributed by atoms with E-state index in [0.717, 1.165) is 29.9 Å². The molecule has 0 spiro atoms. The van der Waals surface area contributed by atoms with Crippen molar-refractivity contribution in [2.45, 2.75) is 32.7 Å². The summed E-state index contributed by atoms with van der Waals surface area (Å²) in [5, 5.41) is 0. The molecule has 25 heavy (non-hydrogen) atoms. The summed E-state index contributed by atoms with van der Waals surface area (Å²) < 4.78 is 11.1. The van der Waals surface area contributed by atoms with Crippen molar-refractivity contribution in [3.05, 3.63) is 59.2 Å². The van der Waals surface area contributed by atoms with Gasteiger partial charge < -0.3 is 14.4 Å². The average Bonchev–Trinajstić information content (AvgIpc) is 2.66. The first-order chi connectivity index (χ1) is 12.2. The molecular weight excluding hydrogens is 314 g/mol. The standard InChI is InChI=1S/C21H25NO3/c1-3-16-4-6-17(7-5-16)9-11-21(23)22(2)15-18-8-10-19-20(14-18)25-13-12-24-19/h4-8,10,14H,3,9,11-13,15H2,1-2H3. The molecule has 0 unspecified atom stereocenters. The number of amides is 1. The van der Waals surface area contributed by atoms with Crippen LogP contribution in [0.4, 0.5) is 0 Å². The minimum absolute atomic E-state index is 0.148. The number of hydrogen-bond acceptors (Lipinski definition) is 3. The lowest BCUT2D eigenvalue weighted by Gasteiger charge is -2.21. The van der Waals surface area contributed by atoms with Crippen molar-refractivity contribution >= 4 is 5.91 Å². The van der Waals surface area contributed by atoms with E-state index in [1.54, 1.807) is 4.90 Å². The smallest absolute Gasteiger partial charge is 0.222 e. The van der Waals surface area contributed by atoms with Gasteiger partial charge in [-0.3, -0.25) is 4.79 Å². The molecule has 0 saturated heterocycles. The Bertz CT molecular complexity index is 724. The zero-order valence-corrected chi connectivity index (χ0v) is 15.0. The summed E-state index contributed by atoms with van der Waals surface area (Å²) >= 11 is 0. The van der Waals surface area contributed by atoms with Gasteiger partial charge in [0.05, 0.1) is 0 Å². The number of carbonyl (C=O) groups is 1. The van der Waals surface area contributed by atoms with Crippen LogP contribution >= 0.6 is 0 Å². The van der Waals surface area contributed by atoms with E-state index in [1.807, 2.05) is 25.2 Å². The van der Waals surface area contributed by atoms with E-state index < -0.39 is 0 Å². The molecule has 0 fully saturated rings. The first kappa shape index (κ1) is 17.3. The van der Waals surface area contributed by atoms with Crippen LogP contribution < -0.4 is 9.47 Å². The number of aryl methyl sites for hydroxylation is 2. The molecule has 2 aromatic rings. The van der Waals surface area contributed by atoms with Gasteiger partial charge in [-0.05, 0) is 41.7 Å². The molecule has 0 saturated carbocycles. The molecule has 132 valence electrons. The van der Waals surface area contributed by atoms with Crippen LogP contribution in [0.1, 0.15) is 30.0 Å². The highest BCUT2D eigenvalue weighted by atomic mass is 16.6. The molecule has 1 aliphatic heterocycles. The largest absolute Gasteiger partial charge is 0.486 e. The predicted molar refractivity (Wildman–Crippen MR) is 98.0 cm³/mol. The fraction of sp³-hybridized carbons (Fsp3) is 0.381. The summed E-state index contributed by atoms with van der Waals surface area (Å²) in [7, 11) is 1.85. The molecule has 3 rings (SSSR count). The predicted octanol–water partition coefficient (Wildman–Crippen LogP) is 3.61. The molecule has 0 aromatic heterocycles. The van der Waals surface area contributed by atoms with Gasteiger partial charge in [-0.1, -0.05) is 37.3 Å². The van der Waals surface area contributed by atoms with Crippen molar-refractivity contribution in [1.29, 1.82) is 0 Å². The minimum Gasteiger partial charge on any atom is -0.486 e. The molecular formula is C21H25NO3. The first-order valence-electron chi connectivity index (χ1n) is 8.86. The van der Waals surface area contributed by atoms with E-state index >= 15 is 0 Å². The van der Waals surface area contributed by atoms with Gasteiger partial charge in [-0.2, -0.15) is 0 Å². The number of rotatable bonds is 6. The number of nitrogens with zero attached hydrogens (tertiary/aromatic N) is 1. The second kappa shape index (κ2) is 8.06. The second-order valence-electron chi connectivity index (χ2n) is 6.40. The molecule has 0 atom stereocenters. The summed E-state index contributed by atoms with van der Waals surface area (Å²) in [6.07, 6.45) is 2.33. The van der Waals surface area contributed by atoms with Crippen LogP contribution in [0.15, 0.2) is 42.5 Å². The van der Waals surface area contributed by atoms with Crippen LogP contribution in [0.5, 0.6) is 11.5 Å². The van der Waals surface area contributed by atoms with E-state index in [0.29, 0.717) is 26.2 Å². The fourth-order valence-electron chi connectivity index (χ4n) is 2.93. The SMILES string of the molecule is CCc1ccc(CCC(=O)N(C)Cc2ccc3c(c2)OCCO3)cc1. The molecule has 0 radical (unpaired) electrons. The molecule has 2 aromatic carbocycles. The summed E-state index contributed by atoms with van der Waals surface area (Å²) in [5.41, 5.74) is 3.58. The molecule has 1 aliphatic rings. The molecule has 0 N–H and O–H groups in total. The van der Waals surface area contributed by atoms with Gasteiger partial charge >= 0.3 is 0 Å². The lowest BCUT2D eigenvalue weighted by Crippen LogP contribution is -2.26. The molecule has 4 heteroatoms. The van der Waals surface area contributed by atoms with Crippen molar-refractivity contribution in [2.75, 3.05) is 20.3 Å². The summed E-state index contributed by atoms with van der Waals surface area (Å²) in [6, 6.07) is 14.4. The molecule has 0 aliphatic carbocycles. The summed E-state index contributed by atoms with van der Waals surface area (Å²) in [4.78, 5) is 14.2. The van der Waals surface area contributed by atoms with Crippen LogP contribution in [0.2, 0.25) is 0 Å². The number of ether oxygens (including phenoxy) is 2. The van der Waals surface area contributed by atoms with Crippen LogP contribution in [-0.2, 0) is 24.2 Å². The third-order valence-electron chi connectivity index (χ3n) is 4.51. The van der Waals surface area contributed by atoms with Gasteiger partial charge in [0.1, 0.15) is 13.2 Å². The Balaban J connectivity index is 1.53. The molecule has 1 heterocycles. The average molecular weight is 339 g/mol. The summed E-state index contributed by atoms with van der Waals surface area (Å²) in [5.74, 6) is 1.69. The molecule has 4 nitrogen and oxygen atoms in total. The van der Waals surface area contributed by atoms with Gasteiger partial charge in [0, 0.05) is 20.0 Å². The van der Waals surface area contributed by atoms with Crippen LogP contribution in [-0.4, -0.2) is 31.1 Å². The Morgan fingerprint density at radius 2 is 1.60 bits per heavy atom. The molecule has 0 bridgehead atoms. The van der Waals surface area contributed by atoms with E-state index in [1.165, 1.54) is 11.1 Å². The van der Waals surface area contributed by atoms with E-state index in [9.17, 15) is 4.79 Å². The maximum absolute atomic E-state index is 12.4. The van der Waals surface area contributed by atoms with Gasteiger partial charge in [0.2, 0.25) is 5.91 Å². The lowest BCUT2D eigenvalue weighted by atomic mass is 10.1. The third-order valence-corrected chi connectivity index (χ3v) is 4.51.